The van der Waals surface area contributed by atoms with Gasteiger partial charge in [-0.25, -0.2) is 14.5 Å². The van der Waals surface area contributed by atoms with Gasteiger partial charge in [0.1, 0.15) is 21.7 Å². The van der Waals surface area contributed by atoms with Crippen molar-refractivity contribution < 1.29 is 0 Å². The summed E-state index contributed by atoms with van der Waals surface area (Å²) in [7, 11) is 0. The van der Waals surface area contributed by atoms with E-state index in [4.69, 9.17) is 23.2 Å². The van der Waals surface area contributed by atoms with Gasteiger partial charge in [-0.1, -0.05) is 37.0 Å². The lowest BCUT2D eigenvalue weighted by molar-refractivity contribution is 0.633. The highest BCUT2D eigenvalue weighted by atomic mass is 35.5. The maximum Gasteiger partial charge on any atom is 0.159 e. The Labute approximate surface area is 138 Å². The average Bonchev–Trinajstić information content (AvgIpc) is 2.84. The second-order valence-corrected chi connectivity index (χ2v) is 6.37. The lowest BCUT2D eigenvalue weighted by Gasteiger charge is -2.07. The van der Waals surface area contributed by atoms with Crippen LogP contribution in [0.4, 0.5) is 0 Å². The second-order valence-electron chi connectivity index (χ2n) is 5.59. The third-order valence-electron chi connectivity index (χ3n) is 3.22. The minimum Gasteiger partial charge on any atom is -0.257 e. The van der Waals surface area contributed by atoms with Crippen LogP contribution in [-0.4, -0.2) is 24.6 Å². The van der Waals surface area contributed by atoms with E-state index in [0.717, 1.165) is 23.5 Å². The molecule has 0 radical (unpaired) electrons. The minimum atomic E-state index is 0.334. The van der Waals surface area contributed by atoms with Crippen LogP contribution in [0.25, 0.3) is 17.0 Å². The van der Waals surface area contributed by atoms with Gasteiger partial charge in [0.05, 0.1) is 11.4 Å². The number of hydrogen-bond donors (Lipinski definition) is 0. The van der Waals surface area contributed by atoms with Gasteiger partial charge in [0.25, 0.3) is 0 Å². The van der Waals surface area contributed by atoms with Crippen molar-refractivity contribution in [2.45, 2.75) is 27.2 Å². The summed E-state index contributed by atoms with van der Waals surface area (Å²) in [4.78, 5) is 13.3. The molecule has 3 rings (SSSR count). The molecule has 0 spiro atoms. The zero-order chi connectivity index (χ0) is 15.9. The summed E-state index contributed by atoms with van der Waals surface area (Å²) in [5, 5.41) is 5.21. The van der Waals surface area contributed by atoms with Crippen molar-refractivity contribution in [3.63, 3.8) is 0 Å². The molecule has 0 aromatic carbocycles. The van der Waals surface area contributed by atoms with Gasteiger partial charge >= 0.3 is 0 Å². The molecule has 0 aliphatic carbocycles. The van der Waals surface area contributed by atoms with Crippen molar-refractivity contribution in [1.29, 1.82) is 0 Å². The Bertz CT molecular complexity index is 841. The zero-order valence-corrected chi connectivity index (χ0v) is 14.0. The first-order valence-electron chi connectivity index (χ1n) is 6.98. The number of aromatic nitrogens is 5. The zero-order valence-electron chi connectivity index (χ0n) is 12.5. The Kier molecular flexibility index (Phi) is 4.02. The molecular weight excluding hydrogens is 321 g/mol. The fourth-order valence-electron chi connectivity index (χ4n) is 2.27. The van der Waals surface area contributed by atoms with E-state index in [-0.39, 0.29) is 0 Å². The molecule has 0 N–H and O–H groups in total. The molecule has 3 aromatic heterocycles. The first kappa shape index (κ1) is 15.2. The predicted octanol–water partition coefficient (Wildman–Crippen LogP) is 4.00. The lowest BCUT2D eigenvalue weighted by atomic mass is 10.1. The van der Waals surface area contributed by atoms with Gasteiger partial charge in [-0.2, -0.15) is 5.10 Å². The summed E-state index contributed by atoms with van der Waals surface area (Å²) in [6, 6.07) is 3.37. The van der Waals surface area contributed by atoms with Crippen molar-refractivity contribution in [1.82, 2.24) is 24.6 Å². The second kappa shape index (κ2) is 5.82. The predicted molar refractivity (Wildman–Crippen MR) is 87.3 cm³/mol. The van der Waals surface area contributed by atoms with Gasteiger partial charge in [-0.05, 0) is 19.3 Å². The van der Waals surface area contributed by atoms with Gasteiger partial charge < -0.3 is 0 Å². The Morgan fingerprint density at radius 3 is 2.68 bits per heavy atom. The van der Waals surface area contributed by atoms with Gasteiger partial charge in [0.15, 0.2) is 5.65 Å². The van der Waals surface area contributed by atoms with Crippen LogP contribution < -0.4 is 0 Å². The molecule has 114 valence electrons. The van der Waals surface area contributed by atoms with E-state index in [1.807, 2.05) is 19.2 Å². The van der Waals surface area contributed by atoms with Crippen LogP contribution in [0.3, 0.4) is 0 Å². The quantitative estimate of drug-likeness (QED) is 0.679. The summed E-state index contributed by atoms with van der Waals surface area (Å²) in [5.74, 6) is 0.515. The van der Waals surface area contributed by atoms with Crippen molar-refractivity contribution in [3.8, 4) is 11.4 Å². The van der Waals surface area contributed by atoms with Gasteiger partial charge in [-0.3, -0.25) is 4.98 Å². The summed E-state index contributed by atoms with van der Waals surface area (Å²) in [5.41, 5.74) is 3.79. The van der Waals surface area contributed by atoms with Crippen molar-refractivity contribution in [2.75, 3.05) is 0 Å². The van der Waals surface area contributed by atoms with E-state index in [1.54, 1.807) is 10.6 Å². The number of rotatable bonds is 3. The van der Waals surface area contributed by atoms with E-state index < -0.39 is 0 Å². The molecular formula is C15H15Cl2N5. The molecule has 3 heterocycles. The molecule has 0 bridgehead atoms. The van der Waals surface area contributed by atoms with Crippen molar-refractivity contribution in [3.05, 3.63) is 40.0 Å². The number of nitrogens with zero attached hydrogens (tertiary/aromatic N) is 5. The molecule has 22 heavy (non-hydrogen) atoms. The minimum absolute atomic E-state index is 0.334. The third-order valence-corrected chi connectivity index (χ3v) is 3.68. The smallest absolute Gasteiger partial charge is 0.159 e. The highest BCUT2D eigenvalue weighted by Gasteiger charge is 2.14. The van der Waals surface area contributed by atoms with Gasteiger partial charge in [0, 0.05) is 18.3 Å². The summed E-state index contributed by atoms with van der Waals surface area (Å²) in [6.07, 6.45) is 2.69. The van der Waals surface area contributed by atoms with E-state index >= 15 is 0 Å². The molecule has 0 aliphatic heterocycles. The van der Waals surface area contributed by atoms with Crippen LogP contribution in [0.2, 0.25) is 10.3 Å². The highest BCUT2D eigenvalue weighted by Crippen LogP contribution is 2.24. The van der Waals surface area contributed by atoms with E-state index in [9.17, 15) is 0 Å². The van der Waals surface area contributed by atoms with Gasteiger partial charge in [0.2, 0.25) is 0 Å². The fourth-order valence-corrected chi connectivity index (χ4v) is 2.74. The van der Waals surface area contributed by atoms with Crippen LogP contribution in [0.5, 0.6) is 0 Å². The Morgan fingerprint density at radius 1 is 1.18 bits per heavy atom. The lowest BCUT2D eigenvalue weighted by Crippen LogP contribution is -2.02. The average molecular weight is 336 g/mol. The van der Waals surface area contributed by atoms with Gasteiger partial charge in [-0.15, -0.1) is 0 Å². The molecule has 0 atom stereocenters. The summed E-state index contributed by atoms with van der Waals surface area (Å²) < 4.78 is 1.54. The Hall–Kier alpha value is -1.72. The molecule has 3 aromatic rings. The van der Waals surface area contributed by atoms with E-state index in [2.05, 4.69) is 33.9 Å². The maximum absolute atomic E-state index is 6.14. The van der Waals surface area contributed by atoms with Crippen LogP contribution >= 0.6 is 23.2 Å². The van der Waals surface area contributed by atoms with E-state index in [1.165, 1.54) is 0 Å². The number of aryl methyl sites for hydroxylation is 1. The monoisotopic (exact) mass is 335 g/mol. The molecule has 0 aliphatic rings. The molecule has 0 unspecified atom stereocenters. The molecule has 0 saturated heterocycles. The molecule has 0 fully saturated rings. The Balaban J connectivity index is 2.12. The topological polar surface area (TPSA) is 56.0 Å². The van der Waals surface area contributed by atoms with Crippen LogP contribution in [-0.2, 0) is 6.42 Å². The number of fused-ring (bicyclic) bond motifs is 1. The third kappa shape index (κ3) is 2.91. The van der Waals surface area contributed by atoms with Crippen LogP contribution in [0, 0.1) is 12.8 Å². The largest absolute Gasteiger partial charge is 0.257 e. The van der Waals surface area contributed by atoms with Crippen molar-refractivity contribution >= 4 is 28.8 Å². The maximum atomic E-state index is 6.14. The summed E-state index contributed by atoms with van der Waals surface area (Å²) in [6.45, 7) is 6.21. The van der Waals surface area contributed by atoms with Crippen molar-refractivity contribution in [2.24, 2.45) is 5.92 Å². The van der Waals surface area contributed by atoms with Crippen LogP contribution in [0.1, 0.15) is 25.2 Å². The first-order valence-corrected chi connectivity index (χ1v) is 7.74. The molecule has 0 amide bonds. The normalized spacial score (nSPS) is 11.5. The van der Waals surface area contributed by atoms with Crippen LogP contribution in [0.15, 0.2) is 18.3 Å². The summed E-state index contributed by atoms with van der Waals surface area (Å²) >= 11 is 12.1. The molecule has 0 saturated carbocycles. The molecule has 5 nitrogen and oxygen atoms in total. The first-order chi connectivity index (χ1) is 10.4. The number of hydrogen-bond acceptors (Lipinski definition) is 4. The molecule has 7 heteroatoms. The SMILES string of the molecule is Cc1ncc(CC(C)C)nc1-c1cc2nc(Cl)cc(Cl)n2n1. The fraction of sp³-hybridized carbons (Fsp3) is 0.333. The number of halogens is 2. The highest BCUT2D eigenvalue weighted by molar-refractivity contribution is 6.33. The Morgan fingerprint density at radius 2 is 1.95 bits per heavy atom. The van der Waals surface area contributed by atoms with E-state index in [0.29, 0.717) is 27.6 Å². The standard InChI is InChI=1S/C15H15Cl2N5/c1-8(2)4-10-7-18-9(3)15(19-10)11-5-14-20-12(16)6-13(17)22(14)21-11/h5-8H,4H2,1-3H3.